The summed E-state index contributed by atoms with van der Waals surface area (Å²) in [6.45, 7) is 6.94. The summed E-state index contributed by atoms with van der Waals surface area (Å²) >= 11 is 0. The van der Waals surface area contributed by atoms with E-state index in [-0.39, 0.29) is 0 Å². The summed E-state index contributed by atoms with van der Waals surface area (Å²) in [5.74, 6) is 0. The quantitative estimate of drug-likeness (QED) is 0.638. The van der Waals surface area contributed by atoms with Crippen LogP contribution in [-0.2, 0) is 0 Å². The van der Waals surface area contributed by atoms with Gasteiger partial charge in [-0.1, -0.05) is 26.2 Å². The lowest BCUT2D eigenvalue weighted by Crippen LogP contribution is -2.44. The summed E-state index contributed by atoms with van der Waals surface area (Å²) in [4.78, 5) is 2.50. The number of aliphatic hydroxyl groups excluding tert-OH is 1. The van der Waals surface area contributed by atoms with Crippen molar-refractivity contribution in [1.82, 2.24) is 10.2 Å². The molecule has 2 fully saturated rings. The lowest BCUT2D eigenvalue weighted by atomic mass is 9.85. The van der Waals surface area contributed by atoms with Crippen molar-refractivity contribution in [2.45, 2.75) is 64.3 Å². The molecule has 2 rings (SSSR count). The van der Waals surface area contributed by atoms with E-state index in [0.29, 0.717) is 12.0 Å². The lowest BCUT2D eigenvalue weighted by Gasteiger charge is -2.35. The Kier molecular flexibility index (Phi) is 6.11. The van der Waals surface area contributed by atoms with E-state index in [4.69, 9.17) is 0 Å². The number of hydrogen-bond acceptors (Lipinski definition) is 3. The van der Waals surface area contributed by atoms with Crippen molar-refractivity contribution < 1.29 is 5.11 Å². The molecule has 0 aromatic rings. The molecule has 3 nitrogen and oxygen atoms in total. The lowest BCUT2D eigenvalue weighted by molar-refractivity contribution is 0.122. The van der Waals surface area contributed by atoms with E-state index in [1.54, 1.807) is 0 Å². The zero-order valence-electron chi connectivity index (χ0n) is 12.7. The highest BCUT2D eigenvalue weighted by Crippen LogP contribution is 2.39. The number of unbranched alkanes of at least 4 members (excludes halogenated alkanes) is 1. The highest BCUT2D eigenvalue weighted by molar-refractivity contribution is 4.92. The first-order valence-corrected chi connectivity index (χ1v) is 8.34. The van der Waals surface area contributed by atoms with Gasteiger partial charge < -0.3 is 15.3 Å². The van der Waals surface area contributed by atoms with Crippen LogP contribution in [0.25, 0.3) is 0 Å². The van der Waals surface area contributed by atoms with Crippen LogP contribution in [0.2, 0.25) is 0 Å². The van der Waals surface area contributed by atoms with Crippen molar-refractivity contribution in [3.63, 3.8) is 0 Å². The minimum absolute atomic E-state index is 0.301. The van der Waals surface area contributed by atoms with Crippen molar-refractivity contribution in [3.8, 4) is 0 Å². The second-order valence-corrected chi connectivity index (χ2v) is 6.72. The Balaban J connectivity index is 1.84. The first kappa shape index (κ1) is 15.3. The molecule has 0 bridgehead atoms. The number of nitrogens with one attached hydrogen (secondary N) is 1. The third kappa shape index (κ3) is 5.05. The first-order chi connectivity index (χ1) is 9.28. The van der Waals surface area contributed by atoms with Crippen LogP contribution < -0.4 is 5.32 Å². The van der Waals surface area contributed by atoms with Crippen LogP contribution in [0.5, 0.6) is 0 Å². The molecule has 2 aliphatic rings. The molecule has 2 aliphatic carbocycles. The maximum Gasteiger partial charge on any atom is 0.0558 e. The third-order valence-corrected chi connectivity index (χ3v) is 4.81. The van der Waals surface area contributed by atoms with E-state index >= 15 is 0 Å². The van der Waals surface area contributed by atoms with Gasteiger partial charge in [0.05, 0.1) is 6.61 Å². The molecule has 0 aromatic heterocycles. The van der Waals surface area contributed by atoms with Gasteiger partial charge in [0.25, 0.3) is 0 Å². The Bertz CT molecular complexity index is 247. The molecule has 3 heteroatoms. The van der Waals surface area contributed by atoms with Gasteiger partial charge >= 0.3 is 0 Å². The average molecular weight is 268 g/mol. The number of aliphatic hydroxyl groups is 1. The molecule has 0 atom stereocenters. The molecule has 0 saturated heterocycles. The second kappa shape index (κ2) is 7.61. The normalized spacial score (nSPS) is 22.3. The molecule has 19 heavy (non-hydrogen) atoms. The highest BCUT2D eigenvalue weighted by atomic mass is 16.3. The molecule has 0 heterocycles. The number of hydrogen-bond donors (Lipinski definition) is 2. The molecule has 0 spiro atoms. The monoisotopic (exact) mass is 268 g/mol. The minimum Gasteiger partial charge on any atom is -0.395 e. The smallest absolute Gasteiger partial charge is 0.0558 e. The molecular formula is C16H32N2O. The second-order valence-electron chi connectivity index (χ2n) is 6.72. The van der Waals surface area contributed by atoms with Gasteiger partial charge in [0, 0.05) is 25.7 Å². The Labute approximate surface area is 118 Å². The molecule has 112 valence electrons. The van der Waals surface area contributed by atoms with Gasteiger partial charge in [-0.2, -0.15) is 0 Å². The maximum absolute atomic E-state index is 9.26. The fraction of sp³-hybridized carbons (Fsp3) is 1.00. The van der Waals surface area contributed by atoms with Gasteiger partial charge in [0.2, 0.25) is 0 Å². The minimum atomic E-state index is 0.301. The maximum atomic E-state index is 9.26. The van der Waals surface area contributed by atoms with Crippen molar-refractivity contribution >= 4 is 0 Å². The molecule has 0 radical (unpaired) electrons. The first-order valence-electron chi connectivity index (χ1n) is 8.34. The molecular weight excluding hydrogens is 236 g/mol. The van der Waals surface area contributed by atoms with E-state index in [2.05, 4.69) is 17.1 Å². The zero-order chi connectivity index (χ0) is 13.6. The molecule has 0 aliphatic heterocycles. The largest absolute Gasteiger partial charge is 0.395 e. The number of nitrogens with zero attached hydrogens (tertiary/aromatic N) is 1. The van der Waals surface area contributed by atoms with E-state index in [1.165, 1.54) is 64.5 Å². The summed E-state index contributed by atoms with van der Waals surface area (Å²) in [5, 5.41) is 13.0. The Morgan fingerprint density at radius 1 is 1.21 bits per heavy atom. The van der Waals surface area contributed by atoms with Crippen LogP contribution in [0.4, 0.5) is 0 Å². The van der Waals surface area contributed by atoms with Crippen molar-refractivity contribution in [2.75, 3.05) is 32.8 Å². The van der Waals surface area contributed by atoms with Gasteiger partial charge in [-0.3, -0.25) is 0 Å². The fourth-order valence-electron chi connectivity index (χ4n) is 3.43. The van der Waals surface area contributed by atoms with E-state index < -0.39 is 0 Å². The van der Waals surface area contributed by atoms with E-state index in [1.807, 2.05) is 0 Å². The molecule has 2 N–H and O–H groups in total. The highest BCUT2D eigenvalue weighted by Gasteiger charge is 2.36. The van der Waals surface area contributed by atoms with Gasteiger partial charge in [-0.25, -0.2) is 0 Å². The molecule has 2 saturated carbocycles. The summed E-state index contributed by atoms with van der Waals surface area (Å²) < 4.78 is 0. The van der Waals surface area contributed by atoms with Gasteiger partial charge in [0.15, 0.2) is 0 Å². The van der Waals surface area contributed by atoms with Crippen LogP contribution in [0.15, 0.2) is 0 Å². The molecule has 0 unspecified atom stereocenters. The van der Waals surface area contributed by atoms with Crippen LogP contribution in [0, 0.1) is 5.41 Å². The predicted molar refractivity (Wildman–Crippen MR) is 80.4 cm³/mol. The Morgan fingerprint density at radius 3 is 2.53 bits per heavy atom. The van der Waals surface area contributed by atoms with Crippen LogP contribution in [-0.4, -0.2) is 48.8 Å². The van der Waals surface area contributed by atoms with Crippen molar-refractivity contribution in [2.24, 2.45) is 5.41 Å². The van der Waals surface area contributed by atoms with E-state index in [9.17, 15) is 5.11 Å². The van der Waals surface area contributed by atoms with Gasteiger partial charge in [0.1, 0.15) is 0 Å². The third-order valence-electron chi connectivity index (χ3n) is 4.81. The Morgan fingerprint density at radius 2 is 1.95 bits per heavy atom. The standard InChI is InChI=1S/C16H32N2O/c1-2-3-10-18(11-12-19)14-16(8-4-5-9-16)13-17-15-6-7-15/h15,17,19H,2-14H2,1H3. The number of rotatable bonds is 10. The zero-order valence-corrected chi connectivity index (χ0v) is 12.7. The van der Waals surface area contributed by atoms with Crippen LogP contribution in [0.3, 0.4) is 0 Å². The molecule has 0 amide bonds. The van der Waals surface area contributed by atoms with Crippen molar-refractivity contribution in [1.29, 1.82) is 0 Å². The van der Waals surface area contributed by atoms with Crippen LogP contribution >= 0.6 is 0 Å². The fourth-order valence-corrected chi connectivity index (χ4v) is 3.43. The topological polar surface area (TPSA) is 35.5 Å². The summed E-state index contributed by atoms with van der Waals surface area (Å²) in [6.07, 6.45) is 10.8. The average Bonchev–Trinajstić information content (AvgIpc) is 3.14. The summed E-state index contributed by atoms with van der Waals surface area (Å²) in [6, 6.07) is 0.819. The molecule has 0 aromatic carbocycles. The SMILES string of the molecule is CCCCN(CCO)CC1(CNC2CC2)CCCC1. The Hall–Kier alpha value is -0.120. The summed E-state index contributed by atoms with van der Waals surface area (Å²) in [5.41, 5.74) is 0.492. The van der Waals surface area contributed by atoms with Gasteiger partial charge in [-0.15, -0.1) is 0 Å². The van der Waals surface area contributed by atoms with Gasteiger partial charge in [-0.05, 0) is 44.1 Å². The predicted octanol–water partition coefficient (Wildman–Crippen LogP) is 2.39. The summed E-state index contributed by atoms with van der Waals surface area (Å²) in [7, 11) is 0. The van der Waals surface area contributed by atoms with Crippen molar-refractivity contribution in [3.05, 3.63) is 0 Å². The van der Waals surface area contributed by atoms with E-state index in [0.717, 1.165) is 19.1 Å². The van der Waals surface area contributed by atoms with Crippen LogP contribution in [0.1, 0.15) is 58.3 Å².